The molecule has 6 heteroatoms. The van der Waals surface area contributed by atoms with Crippen LogP contribution in [-0.2, 0) is 4.79 Å². The molecule has 0 N–H and O–H groups in total. The molecule has 1 aromatic carbocycles. The number of ether oxygens (including phenoxy) is 1. The molecule has 88 valence electrons. The minimum atomic E-state index is -2.90. The van der Waals surface area contributed by atoms with Crippen molar-refractivity contribution in [2.75, 3.05) is 0 Å². The van der Waals surface area contributed by atoms with E-state index >= 15 is 0 Å². The maximum Gasteiger partial charge on any atom is 0.387 e. The third-order valence-corrected chi connectivity index (χ3v) is 3.30. The van der Waals surface area contributed by atoms with Crippen LogP contribution in [0.2, 0.25) is 5.02 Å². The molecule has 0 amide bonds. The Bertz CT molecular complexity index is 398. The predicted octanol–water partition coefficient (Wildman–Crippen LogP) is 3.97. The van der Waals surface area contributed by atoms with Gasteiger partial charge in [0.15, 0.2) is 0 Å². The normalized spacial score (nSPS) is 12.6. The third kappa shape index (κ3) is 3.42. The molecule has 0 radical (unpaired) electrons. The van der Waals surface area contributed by atoms with Gasteiger partial charge in [0.25, 0.3) is 0 Å². The topological polar surface area (TPSA) is 26.3 Å². The highest BCUT2D eigenvalue weighted by Gasteiger charge is 2.17. The smallest absolute Gasteiger partial charge is 0.387 e. The monoisotopic (exact) mass is 312 g/mol. The van der Waals surface area contributed by atoms with Gasteiger partial charge in [0.2, 0.25) is 0 Å². The van der Waals surface area contributed by atoms with Crippen molar-refractivity contribution >= 4 is 33.3 Å². The Labute approximate surface area is 105 Å². The lowest BCUT2D eigenvalue weighted by molar-refractivity contribution is -0.116. The molecule has 0 bridgehead atoms. The molecule has 0 spiro atoms. The van der Waals surface area contributed by atoms with E-state index in [0.29, 0.717) is 10.6 Å². The Morgan fingerprint density at radius 2 is 2.12 bits per heavy atom. The summed E-state index contributed by atoms with van der Waals surface area (Å²) in [6, 6.07) is 4.04. The highest BCUT2D eigenvalue weighted by Crippen LogP contribution is 2.33. The Morgan fingerprint density at radius 1 is 1.50 bits per heavy atom. The molecular formula is C10H8BrClF2O2. The molecule has 0 saturated carbocycles. The van der Waals surface area contributed by atoms with Gasteiger partial charge >= 0.3 is 6.61 Å². The van der Waals surface area contributed by atoms with Crippen molar-refractivity contribution in [2.45, 2.75) is 18.4 Å². The molecule has 0 heterocycles. The van der Waals surface area contributed by atoms with Gasteiger partial charge in [0, 0.05) is 5.02 Å². The lowest BCUT2D eigenvalue weighted by Gasteiger charge is -2.11. The maximum atomic E-state index is 12.0. The van der Waals surface area contributed by atoms with Crippen LogP contribution in [0.3, 0.4) is 0 Å². The van der Waals surface area contributed by atoms with Crippen LogP contribution in [-0.4, -0.2) is 12.4 Å². The Hall–Kier alpha value is -0.680. The molecule has 16 heavy (non-hydrogen) atoms. The van der Waals surface area contributed by atoms with E-state index in [2.05, 4.69) is 20.7 Å². The number of carbonyl (C=O) groups excluding carboxylic acids is 1. The number of hydrogen-bond acceptors (Lipinski definition) is 2. The number of halogens is 4. The highest BCUT2D eigenvalue weighted by molar-refractivity contribution is 9.09. The van der Waals surface area contributed by atoms with Gasteiger partial charge in [0.1, 0.15) is 11.5 Å². The number of hydrogen-bond donors (Lipinski definition) is 0. The van der Waals surface area contributed by atoms with Crippen LogP contribution in [0.15, 0.2) is 18.2 Å². The van der Waals surface area contributed by atoms with Crippen LogP contribution in [0.1, 0.15) is 17.3 Å². The number of carbonyl (C=O) groups is 1. The van der Waals surface area contributed by atoms with Gasteiger partial charge in [0.05, 0.1) is 4.83 Å². The third-order valence-electron chi connectivity index (χ3n) is 1.82. The molecule has 1 rings (SSSR count). The molecule has 1 aromatic rings. The average molecular weight is 314 g/mol. The minimum absolute atomic E-state index is 0.0277. The Morgan fingerprint density at radius 3 is 2.62 bits per heavy atom. The molecule has 0 aliphatic heterocycles. The fourth-order valence-corrected chi connectivity index (χ4v) is 1.85. The van der Waals surface area contributed by atoms with Crippen molar-refractivity contribution in [1.82, 2.24) is 0 Å². The first-order chi connectivity index (χ1) is 7.41. The fraction of sp³-hybridized carbons (Fsp3) is 0.300. The summed E-state index contributed by atoms with van der Waals surface area (Å²) in [5.41, 5.74) is 0.410. The van der Waals surface area contributed by atoms with E-state index in [4.69, 9.17) is 11.6 Å². The molecule has 0 aliphatic rings. The molecule has 0 aliphatic carbocycles. The van der Waals surface area contributed by atoms with Gasteiger partial charge in [-0.2, -0.15) is 8.78 Å². The van der Waals surface area contributed by atoms with Crippen molar-refractivity contribution in [2.24, 2.45) is 0 Å². The number of benzene rings is 1. The molecular weight excluding hydrogens is 305 g/mol. The van der Waals surface area contributed by atoms with Crippen LogP contribution >= 0.6 is 27.5 Å². The van der Waals surface area contributed by atoms with Crippen LogP contribution in [0.4, 0.5) is 8.78 Å². The van der Waals surface area contributed by atoms with E-state index in [0.717, 1.165) is 0 Å². The van der Waals surface area contributed by atoms with Crippen molar-refractivity contribution < 1.29 is 18.3 Å². The van der Waals surface area contributed by atoms with E-state index in [1.165, 1.54) is 25.1 Å². The number of ketones is 1. The van der Waals surface area contributed by atoms with Gasteiger partial charge in [-0.05, 0) is 30.7 Å². The van der Waals surface area contributed by atoms with Gasteiger partial charge in [-0.1, -0.05) is 27.5 Å². The first-order valence-electron chi connectivity index (χ1n) is 4.30. The zero-order chi connectivity index (χ0) is 12.3. The first-order valence-corrected chi connectivity index (χ1v) is 5.60. The van der Waals surface area contributed by atoms with E-state index < -0.39 is 11.4 Å². The zero-order valence-electron chi connectivity index (χ0n) is 8.22. The Balaban J connectivity index is 3.03. The number of alkyl halides is 3. The second kappa shape index (κ2) is 5.59. The number of rotatable bonds is 4. The molecule has 1 unspecified atom stereocenters. The second-order valence-corrected chi connectivity index (χ2v) is 4.36. The summed E-state index contributed by atoms with van der Waals surface area (Å²) in [6.45, 7) is -1.53. The SMILES string of the molecule is CC(=O)C(Br)c1cc(OC(F)F)ccc1Cl. The first kappa shape index (κ1) is 13.4. The quantitative estimate of drug-likeness (QED) is 0.786. The van der Waals surface area contributed by atoms with E-state index in [9.17, 15) is 13.6 Å². The predicted molar refractivity (Wildman–Crippen MR) is 60.4 cm³/mol. The van der Waals surface area contributed by atoms with Crippen LogP contribution in [0, 0.1) is 0 Å². The molecule has 2 nitrogen and oxygen atoms in total. The Kier molecular flexibility index (Phi) is 4.68. The summed E-state index contributed by atoms with van der Waals surface area (Å²) in [7, 11) is 0. The average Bonchev–Trinajstić information content (AvgIpc) is 2.19. The summed E-state index contributed by atoms with van der Waals surface area (Å²) in [5.74, 6) is -0.198. The summed E-state index contributed by atoms with van der Waals surface area (Å²) < 4.78 is 28.2. The zero-order valence-corrected chi connectivity index (χ0v) is 10.6. The van der Waals surface area contributed by atoms with Crippen LogP contribution in [0.5, 0.6) is 5.75 Å². The minimum Gasteiger partial charge on any atom is -0.435 e. The lowest BCUT2D eigenvalue weighted by Crippen LogP contribution is -2.05. The van der Waals surface area contributed by atoms with Gasteiger partial charge in [-0.25, -0.2) is 0 Å². The maximum absolute atomic E-state index is 12.0. The van der Waals surface area contributed by atoms with Gasteiger partial charge < -0.3 is 4.74 Å². The second-order valence-electron chi connectivity index (χ2n) is 3.04. The van der Waals surface area contributed by atoms with Gasteiger partial charge in [-0.3, -0.25) is 4.79 Å². The summed E-state index contributed by atoms with van der Waals surface area (Å²) in [6.07, 6.45) is 0. The van der Waals surface area contributed by atoms with E-state index in [1.54, 1.807) is 0 Å². The lowest BCUT2D eigenvalue weighted by atomic mass is 10.1. The molecule has 0 aromatic heterocycles. The summed E-state index contributed by atoms with van der Waals surface area (Å²) in [4.78, 5) is 10.5. The molecule has 0 saturated heterocycles. The van der Waals surface area contributed by atoms with Crippen molar-refractivity contribution in [3.63, 3.8) is 0 Å². The summed E-state index contributed by atoms with van der Waals surface area (Å²) in [5, 5.41) is 0.318. The van der Waals surface area contributed by atoms with E-state index in [1.807, 2.05) is 0 Å². The van der Waals surface area contributed by atoms with E-state index in [-0.39, 0.29) is 11.5 Å². The highest BCUT2D eigenvalue weighted by atomic mass is 79.9. The fourth-order valence-electron chi connectivity index (χ4n) is 1.11. The summed E-state index contributed by atoms with van der Waals surface area (Å²) >= 11 is 8.97. The van der Waals surface area contributed by atoms with Crippen molar-refractivity contribution in [1.29, 1.82) is 0 Å². The van der Waals surface area contributed by atoms with Gasteiger partial charge in [-0.15, -0.1) is 0 Å². The molecule has 1 atom stereocenters. The van der Waals surface area contributed by atoms with Crippen molar-refractivity contribution in [3.8, 4) is 5.75 Å². The largest absolute Gasteiger partial charge is 0.435 e. The molecule has 0 fully saturated rings. The number of Topliss-reactive ketones (excluding diaryl/α,β-unsaturated/α-hetero) is 1. The van der Waals surface area contributed by atoms with Crippen molar-refractivity contribution in [3.05, 3.63) is 28.8 Å². The standard InChI is InChI=1S/C10H8BrClF2O2/c1-5(15)9(11)7-4-6(16-10(13)14)2-3-8(7)12/h2-4,9-10H,1H3. The van der Waals surface area contributed by atoms with Crippen LogP contribution < -0.4 is 4.74 Å². The van der Waals surface area contributed by atoms with Crippen LogP contribution in [0.25, 0.3) is 0 Å².